The van der Waals surface area contributed by atoms with E-state index in [0.717, 1.165) is 0 Å². The van der Waals surface area contributed by atoms with Gasteiger partial charge in [-0.15, -0.1) is 0 Å². The zero-order chi connectivity index (χ0) is 10.8. The maximum atomic E-state index is 12.7. The lowest BCUT2D eigenvalue weighted by molar-refractivity contribution is 0.0560. The normalized spacial score (nSPS) is 24.4. The van der Waals surface area contributed by atoms with Gasteiger partial charge in [0.15, 0.2) is 0 Å². The van der Waals surface area contributed by atoms with Crippen molar-refractivity contribution in [2.45, 2.75) is 25.0 Å². The van der Waals surface area contributed by atoms with E-state index in [0.29, 0.717) is 12.8 Å². The number of nitrogens with zero attached hydrogens (tertiary/aromatic N) is 1. The molecule has 5 heteroatoms. The number of amides is 1. The van der Waals surface area contributed by atoms with Crippen LogP contribution < -0.4 is 5.32 Å². The Kier molecular flexibility index (Phi) is 2.64. The quantitative estimate of drug-likeness (QED) is 0.698. The van der Waals surface area contributed by atoms with Crippen molar-refractivity contribution in [3.8, 4) is 0 Å². The lowest BCUT2D eigenvalue weighted by Crippen LogP contribution is -2.46. The molecule has 1 aromatic heterocycles. The predicted molar refractivity (Wildman–Crippen MR) is 50.7 cm³/mol. The molecule has 1 saturated carbocycles. The molecule has 1 fully saturated rings. The molecule has 1 aromatic rings. The van der Waals surface area contributed by atoms with Gasteiger partial charge in [0.1, 0.15) is 5.69 Å². The zero-order valence-electron chi connectivity index (χ0n) is 7.98. The summed E-state index contributed by atoms with van der Waals surface area (Å²) in [6.45, 7) is 0. The Morgan fingerprint density at radius 1 is 1.53 bits per heavy atom. The molecule has 1 aliphatic rings. The smallest absolute Gasteiger partial charge is 0.270 e. The molecule has 0 saturated heterocycles. The minimum absolute atomic E-state index is 0.0161. The first-order chi connectivity index (χ1) is 7.15. The van der Waals surface area contributed by atoms with E-state index in [2.05, 4.69) is 10.3 Å². The largest absolute Gasteiger partial charge is 0.393 e. The first kappa shape index (κ1) is 10.0. The van der Waals surface area contributed by atoms with Gasteiger partial charge in [0.2, 0.25) is 5.95 Å². The van der Waals surface area contributed by atoms with Crippen LogP contribution in [0.3, 0.4) is 0 Å². The molecule has 0 aliphatic heterocycles. The van der Waals surface area contributed by atoms with Gasteiger partial charge in [0.05, 0.1) is 6.10 Å². The second-order valence-corrected chi connectivity index (χ2v) is 3.64. The lowest BCUT2D eigenvalue weighted by atomic mass is 9.89. The fraction of sp³-hybridized carbons (Fsp3) is 0.400. The number of pyridine rings is 1. The highest BCUT2D eigenvalue weighted by Gasteiger charge is 2.28. The van der Waals surface area contributed by atoms with Crippen LogP contribution in [0.15, 0.2) is 18.2 Å². The number of aromatic nitrogens is 1. The second-order valence-electron chi connectivity index (χ2n) is 3.64. The lowest BCUT2D eigenvalue weighted by Gasteiger charge is -2.31. The number of aliphatic hydroxyl groups is 1. The molecule has 0 unspecified atom stereocenters. The first-order valence-electron chi connectivity index (χ1n) is 4.76. The van der Waals surface area contributed by atoms with E-state index in [-0.39, 0.29) is 17.8 Å². The van der Waals surface area contributed by atoms with Gasteiger partial charge >= 0.3 is 0 Å². The van der Waals surface area contributed by atoms with Crippen molar-refractivity contribution in [3.63, 3.8) is 0 Å². The maximum absolute atomic E-state index is 12.7. The molecule has 2 rings (SSSR count). The van der Waals surface area contributed by atoms with Gasteiger partial charge in [-0.25, -0.2) is 4.98 Å². The Bertz CT molecular complexity index is 377. The van der Waals surface area contributed by atoms with Crippen LogP contribution in [0.2, 0.25) is 0 Å². The summed E-state index contributed by atoms with van der Waals surface area (Å²) in [6, 6.07) is 4.06. The average Bonchev–Trinajstić information content (AvgIpc) is 2.15. The second kappa shape index (κ2) is 3.94. The number of carbonyl (C=O) groups excluding carboxylic acids is 1. The fourth-order valence-corrected chi connectivity index (χ4v) is 1.50. The van der Waals surface area contributed by atoms with Crippen molar-refractivity contribution in [2.75, 3.05) is 0 Å². The van der Waals surface area contributed by atoms with E-state index >= 15 is 0 Å². The van der Waals surface area contributed by atoms with E-state index in [4.69, 9.17) is 5.11 Å². The summed E-state index contributed by atoms with van der Waals surface area (Å²) in [4.78, 5) is 14.9. The molecule has 15 heavy (non-hydrogen) atoms. The van der Waals surface area contributed by atoms with Crippen LogP contribution >= 0.6 is 0 Å². The molecule has 0 spiro atoms. The predicted octanol–water partition coefficient (Wildman–Crippen LogP) is 0.474. The molecule has 1 aliphatic carbocycles. The Hall–Kier alpha value is -1.49. The summed E-state index contributed by atoms with van der Waals surface area (Å²) in [6.07, 6.45) is 0.790. The van der Waals surface area contributed by atoms with Crippen LogP contribution in [0.25, 0.3) is 0 Å². The van der Waals surface area contributed by atoms with E-state index in [1.165, 1.54) is 18.2 Å². The number of rotatable bonds is 2. The molecular weight excluding hydrogens is 199 g/mol. The van der Waals surface area contributed by atoms with Crippen molar-refractivity contribution in [2.24, 2.45) is 0 Å². The molecular formula is C10H11FN2O2. The van der Waals surface area contributed by atoms with Gasteiger partial charge in [-0.3, -0.25) is 4.79 Å². The van der Waals surface area contributed by atoms with E-state index in [1.54, 1.807) is 0 Å². The number of hydrogen-bond donors (Lipinski definition) is 2. The molecule has 2 N–H and O–H groups in total. The highest BCUT2D eigenvalue weighted by Crippen LogP contribution is 2.19. The highest BCUT2D eigenvalue weighted by atomic mass is 19.1. The van der Waals surface area contributed by atoms with Crippen molar-refractivity contribution in [1.29, 1.82) is 0 Å². The summed E-state index contributed by atoms with van der Waals surface area (Å²) < 4.78 is 12.7. The van der Waals surface area contributed by atoms with Crippen LogP contribution in [-0.4, -0.2) is 28.1 Å². The van der Waals surface area contributed by atoms with Gasteiger partial charge in [-0.2, -0.15) is 4.39 Å². The molecule has 1 amide bonds. The van der Waals surface area contributed by atoms with Gasteiger partial charge < -0.3 is 10.4 Å². The summed E-state index contributed by atoms with van der Waals surface area (Å²) in [5, 5.41) is 11.7. The Balaban J connectivity index is 1.96. The van der Waals surface area contributed by atoms with Crippen molar-refractivity contribution >= 4 is 5.91 Å². The summed E-state index contributed by atoms with van der Waals surface area (Å²) >= 11 is 0. The Morgan fingerprint density at radius 2 is 2.27 bits per heavy atom. The topological polar surface area (TPSA) is 62.2 Å². The van der Waals surface area contributed by atoms with Crippen LogP contribution in [0.5, 0.6) is 0 Å². The third-order valence-electron chi connectivity index (χ3n) is 2.40. The SMILES string of the molecule is O=C(NC1CC(O)C1)c1cccc(F)n1. The third kappa shape index (κ3) is 2.30. The highest BCUT2D eigenvalue weighted by molar-refractivity contribution is 5.92. The van der Waals surface area contributed by atoms with Crippen LogP contribution in [0, 0.1) is 5.95 Å². The van der Waals surface area contributed by atoms with Crippen molar-refractivity contribution in [3.05, 3.63) is 29.8 Å². The number of nitrogens with one attached hydrogen (secondary N) is 1. The summed E-state index contributed by atoms with van der Waals surface area (Å²) in [5.74, 6) is -1.07. The Morgan fingerprint density at radius 3 is 2.87 bits per heavy atom. The number of carbonyl (C=O) groups is 1. The maximum Gasteiger partial charge on any atom is 0.270 e. The summed E-state index contributed by atoms with van der Waals surface area (Å²) in [5.41, 5.74) is 0.0661. The zero-order valence-corrected chi connectivity index (χ0v) is 7.98. The molecule has 0 radical (unpaired) electrons. The van der Waals surface area contributed by atoms with Crippen LogP contribution in [0.1, 0.15) is 23.3 Å². The van der Waals surface area contributed by atoms with Crippen LogP contribution in [-0.2, 0) is 0 Å². The van der Waals surface area contributed by atoms with Gasteiger partial charge in [-0.05, 0) is 25.0 Å². The van der Waals surface area contributed by atoms with E-state index < -0.39 is 11.9 Å². The van der Waals surface area contributed by atoms with E-state index in [1.807, 2.05) is 0 Å². The van der Waals surface area contributed by atoms with Crippen molar-refractivity contribution < 1.29 is 14.3 Å². The van der Waals surface area contributed by atoms with Gasteiger partial charge in [0, 0.05) is 6.04 Å². The average molecular weight is 210 g/mol. The van der Waals surface area contributed by atoms with Crippen molar-refractivity contribution in [1.82, 2.24) is 10.3 Å². The molecule has 4 nitrogen and oxygen atoms in total. The fourth-order valence-electron chi connectivity index (χ4n) is 1.50. The monoisotopic (exact) mass is 210 g/mol. The standard InChI is InChI=1S/C10H11FN2O2/c11-9-3-1-2-8(13-9)10(15)12-6-4-7(14)5-6/h1-3,6-7,14H,4-5H2,(H,12,15). The van der Waals surface area contributed by atoms with Gasteiger partial charge in [-0.1, -0.05) is 6.07 Å². The third-order valence-corrected chi connectivity index (χ3v) is 2.40. The van der Waals surface area contributed by atoms with Gasteiger partial charge in [0.25, 0.3) is 5.91 Å². The van der Waals surface area contributed by atoms with E-state index in [9.17, 15) is 9.18 Å². The number of hydrogen-bond acceptors (Lipinski definition) is 3. The number of aliphatic hydroxyl groups excluding tert-OH is 1. The molecule has 0 atom stereocenters. The first-order valence-corrected chi connectivity index (χ1v) is 4.76. The minimum Gasteiger partial charge on any atom is -0.393 e. The summed E-state index contributed by atoms with van der Waals surface area (Å²) in [7, 11) is 0. The minimum atomic E-state index is -0.670. The molecule has 1 heterocycles. The molecule has 0 bridgehead atoms. The Labute approximate surface area is 86.1 Å². The number of halogens is 1. The van der Waals surface area contributed by atoms with Crippen LogP contribution in [0.4, 0.5) is 4.39 Å². The molecule has 0 aromatic carbocycles. The molecule has 80 valence electrons.